The van der Waals surface area contributed by atoms with Gasteiger partial charge in [0.1, 0.15) is 0 Å². The second-order valence-electron chi connectivity index (χ2n) is 4.47. The van der Waals surface area contributed by atoms with Crippen LogP contribution >= 0.6 is 0 Å². The summed E-state index contributed by atoms with van der Waals surface area (Å²) in [6.07, 6.45) is -4.23. The van der Waals surface area contributed by atoms with Crippen molar-refractivity contribution in [1.82, 2.24) is 4.90 Å². The predicted molar refractivity (Wildman–Crippen MR) is 61.9 cm³/mol. The molecule has 0 atom stereocenters. The molecule has 1 fully saturated rings. The van der Waals surface area contributed by atoms with Gasteiger partial charge >= 0.3 is 6.18 Å². The van der Waals surface area contributed by atoms with E-state index in [0.717, 1.165) is 6.07 Å². The highest BCUT2D eigenvalue weighted by Gasteiger charge is 2.35. The first-order valence-corrected chi connectivity index (χ1v) is 5.61. The molecule has 1 heterocycles. The number of nitrogen functional groups attached to an aromatic ring is 1. The first-order chi connectivity index (χ1) is 8.40. The molecule has 3 nitrogen and oxygen atoms in total. The van der Waals surface area contributed by atoms with Crippen LogP contribution in [-0.2, 0) is 17.5 Å². The Kier molecular flexibility index (Phi) is 3.49. The van der Waals surface area contributed by atoms with Gasteiger partial charge in [-0.15, -0.1) is 0 Å². The lowest BCUT2D eigenvalue weighted by Gasteiger charge is -2.38. The number of alkyl halides is 3. The molecule has 6 heteroatoms. The van der Waals surface area contributed by atoms with E-state index in [2.05, 4.69) is 0 Å². The number of likely N-dealkylation sites (tertiary alicyclic amines) is 1. The van der Waals surface area contributed by atoms with Crippen LogP contribution in [0, 0.1) is 0 Å². The average molecular weight is 260 g/mol. The van der Waals surface area contributed by atoms with Gasteiger partial charge in [0.15, 0.2) is 0 Å². The van der Waals surface area contributed by atoms with E-state index in [-0.39, 0.29) is 23.9 Å². The highest BCUT2D eigenvalue weighted by molar-refractivity contribution is 5.46. The fraction of sp³-hybridized carbons (Fsp3) is 0.500. The van der Waals surface area contributed by atoms with Gasteiger partial charge in [0.25, 0.3) is 0 Å². The highest BCUT2D eigenvalue weighted by Crippen LogP contribution is 2.34. The van der Waals surface area contributed by atoms with Crippen molar-refractivity contribution in [3.05, 3.63) is 29.3 Å². The number of ether oxygens (including phenoxy) is 1. The molecule has 0 aromatic heterocycles. The van der Waals surface area contributed by atoms with Crippen LogP contribution in [0.1, 0.15) is 11.1 Å². The Morgan fingerprint density at radius 1 is 1.39 bits per heavy atom. The smallest absolute Gasteiger partial charge is 0.399 e. The van der Waals surface area contributed by atoms with Gasteiger partial charge in [0.05, 0.1) is 11.7 Å². The Hall–Kier alpha value is -1.27. The van der Waals surface area contributed by atoms with E-state index in [1.807, 2.05) is 4.90 Å². The topological polar surface area (TPSA) is 38.5 Å². The maximum Gasteiger partial charge on any atom is 0.416 e. The van der Waals surface area contributed by atoms with Crippen LogP contribution in [0.3, 0.4) is 0 Å². The fourth-order valence-electron chi connectivity index (χ4n) is 2.04. The molecule has 0 amide bonds. The molecule has 0 aliphatic carbocycles. The van der Waals surface area contributed by atoms with Gasteiger partial charge in [-0.3, -0.25) is 4.90 Å². The van der Waals surface area contributed by atoms with Crippen molar-refractivity contribution in [1.29, 1.82) is 0 Å². The number of hydrogen-bond donors (Lipinski definition) is 1. The molecule has 1 aromatic carbocycles. The summed E-state index contributed by atoms with van der Waals surface area (Å²) < 4.78 is 43.6. The predicted octanol–water partition coefficient (Wildman–Crippen LogP) is 2.12. The summed E-state index contributed by atoms with van der Waals surface area (Å²) in [5.41, 5.74) is 5.15. The zero-order valence-corrected chi connectivity index (χ0v) is 10.00. The van der Waals surface area contributed by atoms with E-state index in [1.54, 1.807) is 7.11 Å². The molecule has 1 aliphatic heterocycles. The molecule has 1 aromatic rings. The molecule has 2 N–H and O–H groups in total. The van der Waals surface area contributed by atoms with Crippen molar-refractivity contribution < 1.29 is 17.9 Å². The number of hydrogen-bond acceptors (Lipinski definition) is 3. The number of methoxy groups -OCH3 is 1. The Morgan fingerprint density at radius 2 is 2.06 bits per heavy atom. The second kappa shape index (κ2) is 4.78. The molecule has 18 heavy (non-hydrogen) atoms. The second-order valence-corrected chi connectivity index (χ2v) is 4.47. The third-order valence-electron chi connectivity index (χ3n) is 3.09. The van der Waals surface area contributed by atoms with Crippen LogP contribution < -0.4 is 5.73 Å². The van der Waals surface area contributed by atoms with Gasteiger partial charge in [0, 0.05) is 32.4 Å². The average Bonchev–Trinajstić information content (AvgIpc) is 2.23. The van der Waals surface area contributed by atoms with Gasteiger partial charge in [-0.2, -0.15) is 13.2 Å². The molecular weight excluding hydrogens is 245 g/mol. The molecule has 2 rings (SSSR count). The van der Waals surface area contributed by atoms with E-state index in [0.29, 0.717) is 13.1 Å². The fourth-order valence-corrected chi connectivity index (χ4v) is 2.04. The van der Waals surface area contributed by atoms with Crippen LogP contribution in [0.15, 0.2) is 18.2 Å². The summed E-state index contributed by atoms with van der Waals surface area (Å²) in [6.45, 7) is 1.60. The molecule has 100 valence electrons. The Morgan fingerprint density at radius 3 is 2.61 bits per heavy atom. The van der Waals surface area contributed by atoms with Gasteiger partial charge in [-0.25, -0.2) is 0 Å². The van der Waals surface area contributed by atoms with Crippen molar-refractivity contribution in [2.45, 2.75) is 18.8 Å². The number of halogens is 3. The lowest BCUT2D eigenvalue weighted by molar-refractivity contribution is -0.138. The van der Waals surface area contributed by atoms with Crippen molar-refractivity contribution in [2.75, 3.05) is 25.9 Å². The van der Waals surface area contributed by atoms with E-state index < -0.39 is 11.7 Å². The van der Waals surface area contributed by atoms with Crippen molar-refractivity contribution in [2.24, 2.45) is 0 Å². The minimum atomic E-state index is -4.36. The van der Waals surface area contributed by atoms with Crippen LogP contribution in [0.25, 0.3) is 0 Å². The molecule has 0 saturated carbocycles. The van der Waals surface area contributed by atoms with Crippen molar-refractivity contribution >= 4 is 5.69 Å². The Balaban J connectivity index is 2.13. The number of anilines is 1. The number of rotatable bonds is 3. The van der Waals surface area contributed by atoms with Crippen LogP contribution in [-0.4, -0.2) is 31.2 Å². The van der Waals surface area contributed by atoms with Crippen LogP contribution in [0.4, 0.5) is 18.9 Å². The van der Waals surface area contributed by atoms with Gasteiger partial charge < -0.3 is 10.5 Å². The maximum absolute atomic E-state index is 12.8. The third kappa shape index (κ3) is 2.76. The summed E-state index contributed by atoms with van der Waals surface area (Å²) >= 11 is 0. The number of benzene rings is 1. The van der Waals surface area contributed by atoms with Gasteiger partial charge in [-0.05, 0) is 17.7 Å². The Bertz CT molecular complexity index is 428. The SMILES string of the molecule is COC1CN(Cc2ccc(N)cc2C(F)(F)F)C1. The monoisotopic (exact) mass is 260 g/mol. The lowest BCUT2D eigenvalue weighted by Crippen LogP contribution is -2.51. The van der Waals surface area contributed by atoms with E-state index in [9.17, 15) is 13.2 Å². The Labute approximate surface area is 103 Å². The quantitative estimate of drug-likeness (QED) is 0.846. The minimum absolute atomic E-state index is 0.129. The van der Waals surface area contributed by atoms with E-state index in [1.165, 1.54) is 12.1 Å². The first kappa shape index (κ1) is 13.2. The summed E-state index contributed by atoms with van der Waals surface area (Å²) in [5, 5.41) is 0. The van der Waals surface area contributed by atoms with Gasteiger partial charge in [-0.1, -0.05) is 6.07 Å². The molecule has 0 unspecified atom stereocenters. The lowest BCUT2D eigenvalue weighted by atomic mass is 10.0. The molecule has 0 spiro atoms. The molecule has 0 radical (unpaired) electrons. The zero-order valence-electron chi connectivity index (χ0n) is 10.00. The molecule has 0 bridgehead atoms. The maximum atomic E-state index is 12.8. The first-order valence-electron chi connectivity index (χ1n) is 5.61. The normalized spacial score (nSPS) is 17.8. The minimum Gasteiger partial charge on any atom is -0.399 e. The summed E-state index contributed by atoms with van der Waals surface area (Å²) in [4.78, 5) is 1.91. The molecule has 1 aliphatic rings. The summed E-state index contributed by atoms with van der Waals surface area (Å²) in [6, 6.07) is 3.93. The largest absolute Gasteiger partial charge is 0.416 e. The number of nitrogens with zero attached hydrogens (tertiary/aromatic N) is 1. The highest BCUT2D eigenvalue weighted by atomic mass is 19.4. The zero-order chi connectivity index (χ0) is 13.3. The van der Waals surface area contributed by atoms with Crippen molar-refractivity contribution in [3.63, 3.8) is 0 Å². The summed E-state index contributed by atoms with van der Waals surface area (Å²) in [7, 11) is 1.60. The standard InChI is InChI=1S/C12H15F3N2O/c1-18-10-6-17(7-10)5-8-2-3-9(16)4-11(8)12(13,14)15/h2-4,10H,5-7,16H2,1H3. The third-order valence-corrected chi connectivity index (χ3v) is 3.09. The molecular formula is C12H15F3N2O. The van der Waals surface area contributed by atoms with Gasteiger partial charge in [0.2, 0.25) is 0 Å². The number of nitrogens with two attached hydrogens (primary N) is 1. The molecule has 1 saturated heterocycles. The van der Waals surface area contributed by atoms with Crippen molar-refractivity contribution in [3.8, 4) is 0 Å². The summed E-state index contributed by atoms with van der Waals surface area (Å²) in [5.74, 6) is 0. The van der Waals surface area contributed by atoms with Crippen LogP contribution in [0.2, 0.25) is 0 Å². The van der Waals surface area contributed by atoms with E-state index in [4.69, 9.17) is 10.5 Å². The van der Waals surface area contributed by atoms with E-state index >= 15 is 0 Å². The van der Waals surface area contributed by atoms with Crippen LogP contribution in [0.5, 0.6) is 0 Å².